The molecule has 2 nitrogen and oxygen atoms in total. The van der Waals surface area contributed by atoms with Gasteiger partial charge in [0.1, 0.15) is 0 Å². The maximum Gasteiger partial charge on any atom is 0.0840 e. The Morgan fingerprint density at radius 1 is 1.75 bits per heavy atom. The van der Waals surface area contributed by atoms with Crippen LogP contribution in [-0.2, 0) is 0 Å². The van der Waals surface area contributed by atoms with E-state index in [2.05, 4.69) is 9.88 Å². The van der Waals surface area contributed by atoms with E-state index in [9.17, 15) is 0 Å². The van der Waals surface area contributed by atoms with E-state index in [0.717, 1.165) is 24.9 Å². The zero-order valence-electron chi connectivity index (χ0n) is 10.2. The van der Waals surface area contributed by atoms with Gasteiger partial charge in [0.05, 0.1) is 4.11 Å². The lowest BCUT2D eigenvalue weighted by Gasteiger charge is -2.18. The lowest BCUT2D eigenvalue weighted by molar-refractivity contribution is 0.317. The summed E-state index contributed by atoms with van der Waals surface area (Å²) in [7, 11) is 2.02. The van der Waals surface area contributed by atoms with Crippen molar-refractivity contribution in [2.75, 3.05) is 13.6 Å². The largest absolute Gasteiger partial charge is 0.299 e. The summed E-state index contributed by atoms with van der Waals surface area (Å²) in [5.74, 6) is 0. The minimum absolute atomic E-state index is 0.0622. The summed E-state index contributed by atoms with van der Waals surface area (Å²) in [6.07, 6.45) is 3.61. The van der Waals surface area contributed by atoms with Gasteiger partial charge in [0.2, 0.25) is 0 Å². The van der Waals surface area contributed by atoms with Crippen LogP contribution in [0, 0.1) is 0 Å². The molecule has 0 bridgehead atoms. The number of pyridine rings is 1. The summed E-state index contributed by atoms with van der Waals surface area (Å²) < 4.78 is 22.7. The van der Waals surface area contributed by atoms with Gasteiger partial charge in [-0.15, -0.1) is 0 Å². The first kappa shape index (κ1) is 4.97. The van der Waals surface area contributed by atoms with Gasteiger partial charge in [0.25, 0.3) is 0 Å². The Morgan fingerprint density at radius 3 is 3.42 bits per heavy atom. The molecule has 1 unspecified atom stereocenters. The summed E-state index contributed by atoms with van der Waals surface area (Å²) in [4.78, 5) is 6.03. The molecule has 0 aliphatic carbocycles. The fourth-order valence-corrected chi connectivity index (χ4v) is 1.74. The third-order valence-electron chi connectivity index (χ3n) is 2.41. The van der Waals surface area contributed by atoms with E-state index >= 15 is 0 Å². The Kier molecular flexibility index (Phi) is 1.34. The molecular weight excluding hydrogens is 148 g/mol. The van der Waals surface area contributed by atoms with Crippen molar-refractivity contribution in [3.8, 4) is 0 Å². The molecule has 2 heteroatoms. The van der Waals surface area contributed by atoms with Crippen LogP contribution in [0.1, 0.15) is 28.6 Å². The van der Waals surface area contributed by atoms with Crippen molar-refractivity contribution in [2.24, 2.45) is 0 Å². The maximum atomic E-state index is 7.82. The molecule has 1 aromatic heterocycles. The normalized spacial score (nSPS) is 28.1. The van der Waals surface area contributed by atoms with Crippen LogP contribution < -0.4 is 0 Å². The van der Waals surface area contributed by atoms with Crippen molar-refractivity contribution in [1.82, 2.24) is 9.88 Å². The quantitative estimate of drug-likeness (QED) is 0.631. The molecule has 0 N–H and O–H groups in total. The monoisotopic (exact) mass is 165 g/mol. The number of aromatic nitrogens is 1. The topological polar surface area (TPSA) is 16.1 Å². The smallest absolute Gasteiger partial charge is 0.0840 e. The van der Waals surface area contributed by atoms with E-state index in [1.165, 1.54) is 0 Å². The van der Waals surface area contributed by atoms with Crippen LogP contribution in [0.4, 0.5) is 0 Å². The Hall–Kier alpha value is -0.890. The molecule has 0 aromatic carbocycles. The Balaban J connectivity index is 2.40. The first-order valence-corrected chi connectivity index (χ1v) is 4.24. The van der Waals surface area contributed by atoms with Crippen LogP contribution in [0.3, 0.4) is 0 Å². The van der Waals surface area contributed by atoms with Gasteiger partial charge in [0, 0.05) is 18.4 Å². The highest BCUT2D eigenvalue weighted by Gasteiger charge is 2.21. The molecule has 1 aliphatic rings. The average Bonchev–Trinajstić information content (AvgIpc) is 2.62. The second kappa shape index (κ2) is 3.23. The lowest BCUT2D eigenvalue weighted by atomic mass is 10.1. The Bertz CT molecular complexity index is 381. The molecule has 0 amide bonds. The summed E-state index contributed by atoms with van der Waals surface area (Å²) in [6, 6.07) is 0.302. The van der Waals surface area contributed by atoms with Crippen molar-refractivity contribution in [3.63, 3.8) is 0 Å². The molecule has 1 aliphatic heterocycles. The zero-order chi connectivity index (χ0) is 11.0. The Morgan fingerprint density at radius 2 is 2.67 bits per heavy atom. The second-order valence-electron chi connectivity index (χ2n) is 3.21. The Labute approximate surface area is 77.4 Å². The van der Waals surface area contributed by atoms with Crippen LogP contribution in [0.5, 0.6) is 0 Å². The molecule has 12 heavy (non-hydrogen) atoms. The summed E-state index contributed by atoms with van der Waals surface area (Å²) in [5.41, 5.74) is 0.788. The van der Waals surface area contributed by atoms with Gasteiger partial charge in [-0.25, -0.2) is 0 Å². The molecule has 1 saturated heterocycles. The van der Waals surface area contributed by atoms with E-state index in [-0.39, 0.29) is 24.3 Å². The number of hydrogen-bond donors (Lipinski definition) is 0. The third kappa shape index (κ3) is 1.34. The van der Waals surface area contributed by atoms with E-state index in [1.54, 1.807) is 6.20 Å². The average molecular weight is 165 g/mol. The number of likely N-dealkylation sites (tertiary alicyclic amines) is 1. The zero-order valence-corrected chi connectivity index (χ0v) is 7.17. The highest BCUT2D eigenvalue weighted by atomic mass is 15.1. The van der Waals surface area contributed by atoms with Gasteiger partial charge < -0.3 is 0 Å². The van der Waals surface area contributed by atoms with E-state index in [4.69, 9.17) is 4.11 Å². The molecule has 2 rings (SSSR count). The van der Waals surface area contributed by atoms with Crippen molar-refractivity contribution in [3.05, 3.63) is 30.0 Å². The molecule has 1 atom stereocenters. The highest BCUT2D eigenvalue weighted by Crippen LogP contribution is 2.29. The van der Waals surface area contributed by atoms with Gasteiger partial charge in [-0.05, 0) is 38.0 Å². The van der Waals surface area contributed by atoms with Crippen molar-refractivity contribution in [1.29, 1.82) is 0 Å². The van der Waals surface area contributed by atoms with E-state index in [0.29, 0.717) is 0 Å². The first-order valence-electron chi connectivity index (χ1n) is 5.74. The minimum Gasteiger partial charge on any atom is -0.299 e. The molecule has 0 saturated carbocycles. The molecular formula is C10H14N2. The summed E-state index contributed by atoms with van der Waals surface area (Å²) >= 11 is 0. The lowest BCUT2D eigenvalue weighted by Crippen LogP contribution is -2.17. The maximum absolute atomic E-state index is 7.82. The number of rotatable bonds is 1. The predicted molar refractivity (Wildman–Crippen MR) is 48.8 cm³/mol. The SMILES string of the molecule is [2H]c1ncc(C2CCCN2C)c([2H])c1[2H]. The van der Waals surface area contributed by atoms with Crippen LogP contribution >= 0.6 is 0 Å². The molecule has 0 spiro atoms. The predicted octanol–water partition coefficient (Wildman–Crippen LogP) is 1.85. The van der Waals surface area contributed by atoms with Gasteiger partial charge in [-0.1, -0.05) is 6.04 Å². The highest BCUT2D eigenvalue weighted by molar-refractivity contribution is 5.14. The van der Waals surface area contributed by atoms with Crippen molar-refractivity contribution in [2.45, 2.75) is 18.9 Å². The van der Waals surface area contributed by atoms with Crippen molar-refractivity contribution >= 4 is 0 Å². The van der Waals surface area contributed by atoms with Crippen LogP contribution in [0.2, 0.25) is 0 Å². The standard InChI is InChI=1S/C10H14N2/c1-12-7-3-5-10(12)9-4-2-6-11-8-9/h2,4,6,8,10H,3,5,7H2,1H3/i2D,4D,6D. The van der Waals surface area contributed by atoms with Gasteiger partial charge in [-0.2, -0.15) is 0 Å². The molecule has 1 fully saturated rings. The fourth-order valence-electron chi connectivity index (χ4n) is 1.74. The van der Waals surface area contributed by atoms with Gasteiger partial charge >= 0.3 is 0 Å². The molecule has 64 valence electrons. The number of nitrogens with zero attached hydrogens (tertiary/aromatic N) is 2. The van der Waals surface area contributed by atoms with E-state index < -0.39 is 0 Å². The molecule has 2 heterocycles. The second-order valence-corrected chi connectivity index (χ2v) is 3.21. The van der Waals surface area contributed by atoms with E-state index in [1.807, 2.05) is 7.05 Å². The summed E-state index contributed by atoms with van der Waals surface area (Å²) in [6.45, 7) is 1.03. The first-order chi connectivity index (χ1) is 7.11. The number of hydrogen-bond acceptors (Lipinski definition) is 2. The third-order valence-corrected chi connectivity index (χ3v) is 2.41. The fraction of sp³-hybridized carbons (Fsp3) is 0.500. The molecule has 1 aromatic rings. The van der Waals surface area contributed by atoms with Crippen LogP contribution in [-0.4, -0.2) is 23.5 Å². The van der Waals surface area contributed by atoms with Gasteiger partial charge in [-0.3, -0.25) is 9.88 Å². The van der Waals surface area contributed by atoms with Gasteiger partial charge in [0.15, 0.2) is 0 Å². The van der Waals surface area contributed by atoms with Crippen molar-refractivity contribution < 1.29 is 4.11 Å². The summed E-state index contributed by atoms with van der Waals surface area (Å²) in [5, 5.41) is 0. The van der Waals surface area contributed by atoms with Crippen LogP contribution in [0.25, 0.3) is 0 Å². The minimum atomic E-state index is -0.107. The molecule has 0 radical (unpaired) electrons. The van der Waals surface area contributed by atoms with Crippen LogP contribution in [0.15, 0.2) is 24.5 Å².